The largest absolute Gasteiger partial charge is 0.493 e. The molecule has 0 aliphatic carbocycles. The maximum atomic E-state index is 12.4. The van der Waals surface area contributed by atoms with Gasteiger partial charge in [0.25, 0.3) is 11.8 Å². The molecule has 1 aliphatic rings. The van der Waals surface area contributed by atoms with Gasteiger partial charge in [-0.1, -0.05) is 24.3 Å². The number of hydrogen-bond donors (Lipinski definition) is 0. The number of carbonyl (C=O) groups is 3. The number of benzene rings is 2. The number of nitrogens with zero attached hydrogens (tertiary/aromatic N) is 2. The van der Waals surface area contributed by atoms with Crippen LogP contribution >= 0.6 is 0 Å². The van der Waals surface area contributed by atoms with E-state index in [4.69, 9.17) is 8.92 Å². The Morgan fingerprint density at radius 1 is 0.867 bits per heavy atom. The molecule has 10 heteroatoms. The minimum atomic E-state index is -4.08. The van der Waals surface area contributed by atoms with E-state index in [1.807, 2.05) is 0 Å². The third-order valence-electron chi connectivity index (χ3n) is 4.37. The molecule has 0 bridgehead atoms. The van der Waals surface area contributed by atoms with Crippen molar-refractivity contribution in [2.75, 3.05) is 21.2 Å². The fourth-order valence-electron chi connectivity index (χ4n) is 2.74. The van der Waals surface area contributed by atoms with E-state index in [0.717, 1.165) is 9.80 Å². The molecule has 3 rings (SSSR count). The molecule has 0 atom stereocenters. The Bertz CT molecular complexity index is 1130. The van der Waals surface area contributed by atoms with Crippen LogP contribution in [0, 0.1) is 0 Å². The topological polar surface area (TPSA) is 110 Å². The molecule has 0 unspecified atom stereocenters. The van der Waals surface area contributed by atoms with Crippen LogP contribution in [0.15, 0.2) is 59.0 Å². The summed E-state index contributed by atoms with van der Waals surface area (Å²) in [5.41, 5.74) is 0.163. The second-order valence-electron chi connectivity index (χ2n) is 6.33. The molecule has 1 aliphatic heterocycles. The second kappa shape index (κ2) is 7.99. The Morgan fingerprint density at radius 2 is 1.47 bits per heavy atom. The Labute approximate surface area is 173 Å². The zero-order valence-corrected chi connectivity index (χ0v) is 17.2. The number of methoxy groups -OCH3 is 1. The van der Waals surface area contributed by atoms with Gasteiger partial charge in [-0.25, -0.2) is 4.79 Å². The summed E-state index contributed by atoms with van der Waals surface area (Å²) in [6.45, 7) is 0. The second-order valence-corrected chi connectivity index (χ2v) is 7.88. The molecule has 0 radical (unpaired) electrons. The Kier molecular flexibility index (Phi) is 5.61. The molecule has 1 saturated heterocycles. The lowest BCUT2D eigenvalue weighted by Gasteiger charge is -2.28. The predicted octanol–water partition coefficient (Wildman–Crippen LogP) is 1.90. The highest BCUT2D eigenvalue weighted by Gasteiger charge is 2.37. The van der Waals surface area contributed by atoms with Crippen molar-refractivity contribution in [2.24, 2.45) is 0 Å². The highest BCUT2D eigenvalue weighted by atomic mass is 32.2. The maximum Gasteiger partial charge on any atom is 0.339 e. The van der Waals surface area contributed by atoms with Crippen molar-refractivity contribution in [3.63, 3.8) is 0 Å². The van der Waals surface area contributed by atoms with Crippen LogP contribution in [0.1, 0.15) is 5.56 Å². The summed E-state index contributed by atoms with van der Waals surface area (Å²) in [5.74, 6) is -1.46. The first-order valence-electron chi connectivity index (χ1n) is 8.65. The zero-order chi connectivity index (χ0) is 22.1. The lowest BCUT2D eigenvalue weighted by atomic mass is 10.1. The number of imide groups is 2. The van der Waals surface area contributed by atoms with E-state index in [0.29, 0.717) is 5.56 Å². The van der Waals surface area contributed by atoms with Gasteiger partial charge in [0.1, 0.15) is 10.5 Å². The van der Waals surface area contributed by atoms with Gasteiger partial charge < -0.3 is 8.92 Å². The van der Waals surface area contributed by atoms with Crippen molar-refractivity contribution in [3.05, 3.63) is 59.7 Å². The molecule has 4 amide bonds. The summed E-state index contributed by atoms with van der Waals surface area (Å²) < 4.78 is 35.3. The molecule has 2 aromatic carbocycles. The van der Waals surface area contributed by atoms with E-state index in [1.54, 1.807) is 18.2 Å². The normalized spacial score (nSPS) is 14.8. The number of amides is 4. The lowest BCUT2D eigenvalue weighted by Crippen LogP contribution is -2.52. The van der Waals surface area contributed by atoms with Gasteiger partial charge in [0.15, 0.2) is 11.5 Å². The van der Waals surface area contributed by atoms with Crippen molar-refractivity contribution in [1.82, 2.24) is 9.80 Å². The van der Waals surface area contributed by atoms with Gasteiger partial charge >= 0.3 is 16.1 Å². The van der Waals surface area contributed by atoms with Crippen molar-refractivity contribution >= 4 is 34.0 Å². The van der Waals surface area contributed by atoms with Crippen LogP contribution in [0.4, 0.5) is 4.79 Å². The third-order valence-corrected chi connectivity index (χ3v) is 5.62. The quantitative estimate of drug-likeness (QED) is 0.405. The lowest BCUT2D eigenvalue weighted by molar-refractivity contribution is -0.134. The number of carbonyl (C=O) groups excluding carboxylic acids is 3. The van der Waals surface area contributed by atoms with E-state index in [1.165, 1.54) is 57.6 Å². The van der Waals surface area contributed by atoms with Crippen LogP contribution in [-0.2, 0) is 19.7 Å². The molecule has 2 aromatic rings. The maximum absolute atomic E-state index is 12.4. The predicted molar refractivity (Wildman–Crippen MR) is 106 cm³/mol. The molecule has 0 aromatic heterocycles. The van der Waals surface area contributed by atoms with E-state index < -0.39 is 28.0 Å². The molecule has 156 valence electrons. The molecule has 0 spiro atoms. The van der Waals surface area contributed by atoms with Gasteiger partial charge in [0.2, 0.25) is 0 Å². The minimum absolute atomic E-state index is 0.0209. The summed E-state index contributed by atoms with van der Waals surface area (Å²) in [6.07, 6.45) is 1.29. The first kappa shape index (κ1) is 21.1. The summed E-state index contributed by atoms with van der Waals surface area (Å²) >= 11 is 0. The summed E-state index contributed by atoms with van der Waals surface area (Å²) in [6, 6.07) is 11.1. The van der Waals surface area contributed by atoms with E-state index >= 15 is 0 Å². The van der Waals surface area contributed by atoms with Crippen LogP contribution in [0.25, 0.3) is 6.08 Å². The SMILES string of the molecule is COc1cc(C=C2C(=O)N(C)C(=O)N(C)C2=O)ccc1OS(=O)(=O)c1ccccc1. The molecule has 30 heavy (non-hydrogen) atoms. The van der Waals surface area contributed by atoms with E-state index in [9.17, 15) is 22.8 Å². The van der Waals surface area contributed by atoms with Gasteiger partial charge in [-0.2, -0.15) is 8.42 Å². The molecular formula is C20H18N2O7S. The van der Waals surface area contributed by atoms with Crippen molar-refractivity contribution in [1.29, 1.82) is 0 Å². The molecule has 9 nitrogen and oxygen atoms in total. The Hall–Kier alpha value is -3.66. The van der Waals surface area contributed by atoms with Crippen LogP contribution < -0.4 is 8.92 Å². The van der Waals surface area contributed by atoms with Crippen molar-refractivity contribution < 1.29 is 31.7 Å². The highest BCUT2D eigenvalue weighted by Crippen LogP contribution is 2.32. The number of barbiturate groups is 1. The number of ether oxygens (including phenoxy) is 1. The summed E-state index contributed by atoms with van der Waals surface area (Å²) in [4.78, 5) is 38.1. The summed E-state index contributed by atoms with van der Waals surface area (Å²) in [5, 5.41) is 0. The average molecular weight is 430 g/mol. The first-order valence-corrected chi connectivity index (χ1v) is 10.1. The zero-order valence-electron chi connectivity index (χ0n) is 16.4. The minimum Gasteiger partial charge on any atom is -0.493 e. The van der Waals surface area contributed by atoms with Crippen molar-refractivity contribution in [2.45, 2.75) is 4.90 Å². The van der Waals surface area contributed by atoms with Crippen LogP contribution in [0.2, 0.25) is 0 Å². The van der Waals surface area contributed by atoms with Gasteiger partial charge in [-0.05, 0) is 35.9 Å². The van der Waals surface area contributed by atoms with Crippen molar-refractivity contribution in [3.8, 4) is 11.5 Å². The fraction of sp³-hybridized carbons (Fsp3) is 0.150. The van der Waals surface area contributed by atoms with Gasteiger partial charge in [0, 0.05) is 14.1 Å². The summed E-state index contributed by atoms with van der Waals surface area (Å²) in [7, 11) is -0.211. The molecule has 1 heterocycles. The van der Waals surface area contributed by atoms with Gasteiger partial charge in [0.05, 0.1) is 7.11 Å². The number of likely N-dealkylation sites (N-methyl/N-ethyl adjacent to an activating group) is 2. The smallest absolute Gasteiger partial charge is 0.339 e. The Morgan fingerprint density at radius 3 is 2.03 bits per heavy atom. The highest BCUT2D eigenvalue weighted by molar-refractivity contribution is 7.87. The molecular weight excluding hydrogens is 412 g/mol. The number of hydrogen-bond acceptors (Lipinski definition) is 7. The van der Waals surface area contributed by atoms with Gasteiger partial charge in [-0.15, -0.1) is 0 Å². The standard InChI is InChI=1S/C20H18N2O7S/c1-21-18(23)15(19(24)22(2)20(21)25)11-13-9-10-16(17(12-13)28-3)29-30(26,27)14-7-5-4-6-8-14/h4-12H,1-3H3. The van der Waals surface area contributed by atoms with E-state index in [-0.39, 0.29) is 22.0 Å². The molecule has 0 N–H and O–H groups in total. The molecule has 0 saturated carbocycles. The van der Waals surface area contributed by atoms with Crippen LogP contribution in [-0.4, -0.2) is 57.3 Å². The fourth-order valence-corrected chi connectivity index (χ4v) is 3.70. The van der Waals surface area contributed by atoms with Crippen LogP contribution in [0.5, 0.6) is 11.5 Å². The number of rotatable bonds is 5. The Balaban J connectivity index is 1.95. The third kappa shape index (κ3) is 3.90. The molecule has 1 fully saturated rings. The van der Waals surface area contributed by atoms with Gasteiger partial charge in [-0.3, -0.25) is 19.4 Å². The van der Waals surface area contributed by atoms with E-state index in [2.05, 4.69) is 0 Å². The number of urea groups is 1. The van der Waals surface area contributed by atoms with Crippen LogP contribution in [0.3, 0.4) is 0 Å². The first-order chi connectivity index (χ1) is 14.2. The monoisotopic (exact) mass is 430 g/mol. The average Bonchev–Trinajstić information content (AvgIpc) is 2.75.